The van der Waals surface area contributed by atoms with E-state index in [2.05, 4.69) is 9.97 Å². The van der Waals surface area contributed by atoms with Crippen LogP contribution < -0.4 is 0 Å². The van der Waals surface area contributed by atoms with E-state index in [0.29, 0.717) is 22.5 Å². The average Bonchev–Trinajstić information content (AvgIpc) is 2.95. The van der Waals surface area contributed by atoms with Crippen LogP contribution in [0.5, 0.6) is 0 Å². The Morgan fingerprint density at radius 1 is 1.15 bits per heavy atom. The Morgan fingerprint density at radius 2 is 1.90 bits per heavy atom. The van der Waals surface area contributed by atoms with Crippen molar-refractivity contribution in [1.82, 2.24) is 9.97 Å². The van der Waals surface area contributed by atoms with Gasteiger partial charge in [0.15, 0.2) is 5.82 Å². The van der Waals surface area contributed by atoms with Gasteiger partial charge in [-0.1, -0.05) is 30.5 Å². The van der Waals surface area contributed by atoms with Gasteiger partial charge in [0.25, 0.3) is 0 Å². The van der Waals surface area contributed by atoms with Crippen LogP contribution in [0.1, 0.15) is 42.9 Å². The maximum atomic E-state index is 13.4. The molecule has 0 amide bonds. The molecule has 104 valence electrons. The zero-order valence-corrected chi connectivity index (χ0v) is 12.1. The molecule has 3 rings (SSSR count). The summed E-state index contributed by atoms with van der Waals surface area (Å²) in [7, 11) is 0. The van der Waals surface area contributed by atoms with Crippen molar-refractivity contribution in [3.8, 4) is 11.4 Å². The number of hydrogen-bond donors (Lipinski definition) is 0. The smallest absolute Gasteiger partial charge is 0.161 e. The summed E-state index contributed by atoms with van der Waals surface area (Å²) in [4.78, 5) is 8.89. The van der Waals surface area contributed by atoms with Crippen molar-refractivity contribution in [3.63, 3.8) is 0 Å². The van der Waals surface area contributed by atoms with Gasteiger partial charge >= 0.3 is 0 Å². The largest absolute Gasteiger partial charge is 0.233 e. The summed E-state index contributed by atoms with van der Waals surface area (Å²) in [5, 5.41) is 0.431. The van der Waals surface area contributed by atoms with Gasteiger partial charge in [-0.2, -0.15) is 0 Å². The molecule has 1 heterocycles. The molecule has 1 aliphatic rings. The molecule has 1 aliphatic carbocycles. The Balaban J connectivity index is 2.06. The lowest BCUT2D eigenvalue weighted by atomic mass is 10.0. The quantitative estimate of drug-likeness (QED) is 0.735. The molecule has 1 fully saturated rings. The van der Waals surface area contributed by atoms with Gasteiger partial charge in [-0.3, -0.25) is 0 Å². The Bertz CT molecular complexity index is 636. The van der Waals surface area contributed by atoms with Crippen LogP contribution in [0.2, 0.25) is 5.15 Å². The monoisotopic (exact) mass is 290 g/mol. The standard InChI is InChI=1S/C16H16ClFN2/c1-10-6-7-12(18)8-13(10)16-19-14(9-15(17)20-16)11-4-2-3-5-11/h6-9,11H,2-5H2,1H3. The minimum absolute atomic E-state index is 0.281. The molecule has 1 aromatic carbocycles. The molecule has 0 saturated heterocycles. The van der Waals surface area contributed by atoms with E-state index >= 15 is 0 Å². The minimum atomic E-state index is -0.281. The van der Waals surface area contributed by atoms with Crippen LogP contribution in [0.3, 0.4) is 0 Å². The zero-order chi connectivity index (χ0) is 14.1. The molecule has 1 aromatic heterocycles. The Hall–Kier alpha value is -1.48. The summed E-state index contributed by atoms with van der Waals surface area (Å²) in [6.45, 7) is 1.92. The van der Waals surface area contributed by atoms with Gasteiger partial charge < -0.3 is 0 Å². The molecule has 0 N–H and O–H groups in total. The predicted octanol–water partition coefficient (Wildman–Crippen LogP) is 4.90. The molecule has 2 aromatic rings. The highest BCUT2D eigenvalue weighted by atomic mass is 35.5. The molecule has 1 saturated carbocycles. The van der Waals surface area contributed by atoms with E-state index in [4.69, 9.17) is 11.6 Å². The van der Waals surface area contributed by atoms with E-state index in [1.807, 2.05) is 13.0 Å². The minimum Gasteiger partial charge on any atom is -0.233 e. The number of rotatable bonds is 2. The molecule has 0 aliphatic heterocycles. The van der Waals surface area contributed by atoms with Crippen LogP contribution in [0.25, 0.3) is 11.4 Å². The predicted molar refractivity (Wildman–Crippen MR) is 78.4 cm³/mol. The first kappa shape index (κ1) is 13.5. The van der Waals surface area contributed by atoms with Gasteiger partial charge in [-0.15, -0.1) is 0 Å². The van der Waals surface area contributed by atoms with E-state index in [-0.39, 0.29) is 5.82 Å². The Morgan fingerprint density at radius 3 is 2.65 bits per heavy atom. The lowest BCUT2D eigenvalue weighted by Crippen LogP contribution is -2.01. The summed E-state index contributed by atoms with van der Waals surface area (Å²) in [6.07, 6.45) is 4.77. The summed E-state index contributed by atoms with van der Waals surface area (Å²) in [5.41, 5.74) is 2.65. The topological polar surface area (TPSA) is 25.8 Å². The summed E-state index contributed by atoms with van der Waals surface area (Å²) < 4.78 is 13.4. The molecule has 0 radical (unpaired) electrons. The van der Waals surface area contributed by atoms with Gasteiger partial charge in [0.05, 0.1) is 0 Å². The number of aryl methyl sites for hydroxylation is 1. The molecule has 0 bridgehead atoms. The van der Waals surface area contributed by atoms with Crippen LogP contribution in [-0.2, 0) is 0 Å². The van der Waals surface area contributed by atoms with Crippen LogP contribution >= 0.6 is 11.6 Å². The van der Waals surface area contributed by atoms with E-state index in [1.54, 1.807) is 6.07 Å². The second kappa shape index (κ2) is 5.49. The van der Waals surface area contributed by atoms with Crippen LogP contribution in [0.15, 0.2) is 24.3 Å². The fourth-order valence-corrected chi connectivity index (χ4v) is 3.01. The lowest BCUT2D eigenvalue weighted by Gasteiger charge is -2.11. The molecule has 20 heavy (non-hydrogen) atoms. The van der Waals surface area contributed by atoms with Crippen molar-refractivity contribution in [1.29, 1.82) is 0 Å². The number of hydrogen-bond acceptors (Lipinski definition) is 2. The van der Waals surface area contributed by atoms with Gasteiger partial charge in [-0.25, -0.2) is 14.4 Å². The maximum Gasteiger partial charge on any atom is 0.161 e. The highest BCUT2D eigenvalue weighted by molar-refractivity contribution is 6.29. The molecular weight excluding hydrogens is 275 g/mol. The fraction of sp³-hybridized carbons (Fsp3) is 0.375. The van der Waals surface area contributed by atoms with Crippen molar-refractivity contribution < 1.29 is 4.39 Å². The van der Waals surface area contributed by atoms with E-state index in [1.165, 1.54) is 25.0 Å². The number of benzene rings is 1. The number of halogens is 2. The third-order valence-corrected chi connectivity index (χ3v) is 4.12. The Labute approximate surface area is 123 Å². The first-order chi connectivity index (χ1) is 9.63. The maximum absolute atomic E-state index is 13.4. The highest BCUT2D eigenvalue weighted by Crippen LogP contribution is 2.35. The van der Waals surface area contributed by atoms with Gasteiger partial charge in [-0.05, 0) is 43.5 Å². The second-order valence-corrected chi connectivity index (χ2v) is 5.77. The molecule has 4 heteroatoms. The van der Waals surface area contributed by atoms with Crippen molar-refractivity contribution in [2.24, 2.45) is 0 Å². The molecular formula is C16H16ClFN2. The summed E-state index contributed by atoms with van der Waals surface area (Å²) >= 11 is 6.13. The van der Waals surface area contributed by atoms with E-state index in [0.717, 1.165) is 24.1 Å². The molecule has 0 unspecified atom stereocenters. The van der Waals surface area contributed by atoms with Gasteiger partial charge in [0, 0.05) is 17.2 Å². The SMILES string of the molecule is Cc1ccc(F)cc1-c1nc(Cl)cc(C2CCCC2)n1. The first-order valence-electron chi connectivity index (χ1n) is 6.94. The normalized spacial score (nSPS) is 15.8. The van der Waals surface area contributed by atoms with Gasteiger partial charge in [0.1, 0.15) is 11.0 Å². The van der Waals surface area contributed by atoms with Crippen molar-refractivity contribution in [2.45, 2.75) is 38.5 Å². The van der Waals surface area contributed by atoms with E-state index in [9.17, 15) is 4.39 Å². The van der Waals surface area contributed by atoms with Crippen LogP contribution in [0.4, 0.5) is 4.39 Å². The van der Waals surface area contributed by atoms with Crippen LogP contribution in [-0.4, -0.2) is 9.97 Å². The number of nitrogens with zero attached hydrogens (tertiary/aromatic N) is 2. The average molecular weight is 291 g/mol. The lowest BCUT2D eigenvalue weighted by molar-refractivity contribution is 0.627. The zero-order valence-electron chi connectivity index (χ0n) is 11.4. The molecule has 2 nitrogen and oxygen atoms in total. The van der Waals surface area contributed by atoms with Gasteiger partial charge in [0.2, 0.25) is 0 Å². The van der Waals surface area contributed by atoms with Crippen LogP contribution in [0, 0.1) is 12.7 Å². The highest BCUT2D eigenvalue weighted by Gasteiger charge is 2.20. The molecule has 0 atom stereocenters. The van der Waals surface area contributed by atoms with Crippen molar-refractivity contribution >= 4 is 11.6 Å². The second-order valence-electron chi connectivity index (χ2n) is 5.38. The van der Waals surface area contributed by atoms with Crippen molar-refractivity contribution in [3.05, 3.63) is 46.5 Å². The molecule has 0 spiro atoms. The summed E-state index contributed by atoms with van der Waals surface area (Å²) in [6, 6.07) is 6.50. The fourth-order valence-electron chi connectivity index (χ4n) is 2.82. The van der Waals surface area contributed by atoms with E-state index < -0.39 is 0 Å². The number of aromatic nitrogens is 2. The third-order valence-electron chi connectivity index (χ3n) is 3.93. The third kappa shape index (κ3) is 2.68. The first-order valence-corrected chi connectivity index (χ1v) is 7.32. The van der Waals surface area contributed by atoms with Crippen molar-refractivity contribution in [2.75, 3.05) is 0 Å². The summed E-state index contributed by atoms with van der Waals surface area (Å²) in [5.74, 6) is 0.705. The Kier molecular flexibility index (Phi) is 3.70.